The van der Waals surface area contributed by atoms with E-state index in [1.807, 2.05) is 0 Å². The van der Waals surface area contributed by atoms with E-state index in [4.69, 9.17) is 0 Å². The summed E-state index contributed by atoms with van der Waals surface area (Å²) < 4.78 is 2.51. The second kappa shape index (κ2) is 11.2. The van der Waals surface area contributed by atoms with Gasteiger partial charge in [0.15, 0.2) is 0 Å². The summed E-state index contributed by atoms with van der Waals surface area (Å²) in [4.78, 5) is 2.48. The first kappa shape index (κ1) is 31.4. The summed E-state index contributed by atoms with van der Waals surface area (Å²) in [5.41, 5.74) is 19.7. The van der Waals surface area contributed by atoms with Crippen LogP contribution in [0, 0.1) is 0 Å². The summed E-state index contributed by atoms with van der Waals surface area (Å²) >= 11 is 0. The highest BCUT2D eigenvalue weighted by Gasteiger charge is 2.53. The van der Waals surface area contributed by atoms with Crippen molar-refractivity contribution < 1.29 is 0 Å². The maximum atomic E-state index is 2.57. The normalized spacial score (nSPS) is 13.9. The van der Waals surface area contributed by atoms with Crippen LogP contribution in [0.25, 0.3) is 82.4 Å². The zero-order chi connectivity index (χ0) is 38.4. The fourth-order valence-electron chi connectivity index (χ4n) is 11.5. The summed E-state index contributed by atoms with van der Waals surface area (Å²) in [5.74, 6) is 0. The third-order valence-corrected chi connectivity index (χ3v) is 13.7. The number of hydrogen-bond donors (Lipinski definition) is 0. The molecule has 0 saturated heterocycles. The van der Waals surface area contributed by atoms with Gasteiger partial charge in [-0.1, -0.05) is 152 Å². The van der Waals surface area contributed by atoms with Crippen LogP contribution in [0.1, 0.15) is 22.3 Å². The average Bonchev–Trinajstić information content (AvgIpc) is 3.92. The van der Waals surface area contributed by atoms with Crippen molar-refractivity contribution in [3.8, 4) is 39.1 Å². The van der Waals surface area contributed by atoms with Gasteiger partial charge in [-0.15, -0.1) is 0 Å². The van der Waals surface area contributed by atoms with Gasteiger partial charge < -0.3 is 9.47 Å². The first-order valence-electron chi connectivity index (χ1n) is 20.6. The van der Waals surface area contributed by atoms with Crippen molar-refractivity contribution in [1.82, 2.24) is 4.57 Å². The van der Waals surface area contributed by atoms with Crippen LogP contribution in [0.2, 0.25) is 0 Å². The SMILES string of the molecule is c1ccc(N2c3ccccc3C3(c4cc(-n5c6ccccc6c6c7ccccc7ccc65)ccc4-c4c3cc3c5c(cccc45)-c4ccccc4-3)c3ccccc32)cc1. The second-order valence-corrected chi connectivity index (χ2v) is 16.3. The molecule has 0 unspecified atom stereocenters. The minimum atomic E-state index is -0.608. The van der Waals surface area contributed by atoms with Crippen LogP contribution < -0.4 is 4.90 Å². The molecule has 1 aliphatic heterocycles. The van der Waals surface area contributed by atoms with Crippen molar-refractivity contribution in [2.24, 2.45) is 0 Å². The van der Waals surface area contributed by atoms with Crippen LogP contribution in [-0.2, 0) is 5.41 Å². The van der Waals surface area contributed by atoms with Crippen molar-refractivity contribution >= 4 is 60.4 Å². The molecular weight excluding hydrogens is 713 g/mol. The maximum absolute atomic E-state index is 2.57. The van der Waals surface area contributed by atoms with Crippen molar-refractivity contribution in [2.45, 2.75) is 5.41 Å². The molecule has 1 aromatic heterocycles. The third kappa shape index (κ3) is 3.82. The number of para-hydroxylation sites is 4. The van der Waals surface area contributed by atoms with E-state index in [1.54, 1.807) is 0 Å². The number of anilines is 3. The molecule has 0 amide bonds. The molecule has 3 aliphatic rings. The van der Waals surface area contributed by atoms with Crippen LogP contribution in [0.5, 0.6) is 0 Å². The van der Waals surface area contributed by atoms with Gasteiger partial charge in [-0.2, -0.15) is 0 Å². The van der Waals surface area contributed by atoms with Gasteiger partial charge in [-0.05, 0) is 132 Å². The highest BCUT2D eigenvalue weighted by molar-refractivity contribution is 6.23. The Bertz CT molecular complexity index is 3580. The molecule has 0 saturated carbocycles. The lowest BCUT2D eigenvalue weighted by Gasteiger charge is -2.45. The molecule has 11 aromatic rings. The molecule has 0 N–H and O–H groups in total. The van der Waals surface area contributed by atoms with E-state index >= 15 is 0 Å². The van der Waals surface area contributed by atoms with Crippen molar-refractivity contribution in [3.05, 3.63) is 229 Å². The quantitative estimate of drug-likeness (QED) is 0.171. The van der Waals surface area contributed by atoms with Crippen LogP contribution in [-0.4, -0.2) is 4.57 Å². The minimum absolute atomic E-state index is 0.608. The zero-order valence-corrected chi connectivity index (χ0v) is 32.0. The Hall–Kier alpha value is -7.68. The zero-order valence-electron chi connectivity index (χ0n) is 32.0. The van der Waals surface area contributed by atoms with Crippen LogP contribution in [0.4, 0.5) is 17.1 Å². The van der Waals surface area contributed by atoms with Gasteiger partial charge >= 0.3 is 0 Å². The summed E-state index contributed by atoms with van der Waals surface area (Å²) in [6.07, 6.45) is 0. The highest BCUT2D eigenvalue weighted by Crippen LogP contribution is 2.66. The molecule has 2 heterocycles. The maximum Gasteiger partial charge on any atom is 0.0755 e. The molecule has 0 radical (unpaired) electrons. The lowest BCUT2D eigenvalue weighted by Crippen LogP contribution is -2.36. The summed E-state index contributed by atoms with van der Waals surface area (Å²) in [6, 6.07) is 77.4. The van der Waals surface area contributed by atoms with Crippen molar-refractivity contribution in [3.63, 3.8) is 0 Å². The summed E-state index contributed by atoms with van der Waals surface area (Å²) in [7, 11) is 0. The van der Waals surface area contributed by atoms with E-state index in [1.165, 1.54) is 116 Å². The highest BCUT2D eigenvalue weighted by atomic mass is 15.2. The summed E-state index contributed by atoms with van der Waals surface area (Å²) in [6.45, 7) is 0. The van der Waals surface area contributed by atoms with Crippen LogP contribution in [0.15, 0.2) is 206 Å². The van der Waals surface area contributed by atoms with Gasteiger partial charge in [-0.3, -0.25) is 0 Å². The fraction of sp³-hybridized carbons (Fsp3) is 0.0175. The van der Waals surface area contributed by atoms with Crippen LogP contribution >= 0.6 is 0 Å². The van der Waals surface area contributed by atoms with Crippen molar-refractivity contribution in [2.75, 3.05) is 4.90 Å². The van der Waals surface area contributed by atoms with Gasteiger partial charge in [0.25, 0.3) is 0 Å². The molecule has 0 bridgehead atoms. The van der Waals surface area contributed by atoms with E-state index in [0.717, 1.165) is 5.69 Å². The van der Waals surface area contributed by atoms with E-state index in [0.29, 0.717) is 0 Å². The third-order valence-electron chi connectivity index (χ3n) is 13.7. The Morgan fingerprint density at radius 3 is 1.78 bits per heavy atom. The van der Waals surface area contributed by atoms with Gasteiger partial charge in [0.05, 0.1) is 27.8 Å². The van der Waals surface area contributed by atoms with Crippen molar-refractivity contribution in [1.29, 1.82) is 0 Å². The molecule has 0 fully saturated rings. The van der Waals surface area contributed by atoms with E-state index < -0.39 is 5.41 Å². The smallest absolute Gasteiger partial charge is 0.0755 e. The number of rotatable bonds is 2. The predicted molar refractivity (Wildman–Crippen MR) is 246 cm³/mol. The molecule has 0 atom stereocenters. The Labute approximate surface area is 341 Å². The molecule has 10 aromatic carbocycles. The molecule has 59 heavy (non-hydrogen) atoms. The molecule has 2 nitrogen and oxygen atoms in total. The second-order valence-electron chi connectivity index (χ2n) is 16.3. The fourth-order valence-corrected chi connectivity index (χ4v) is 11.5. The lowest BCUT2D eigenvalue weighted by molar-refractivity contribution is 0.752. The molecule has 2 aliphatic carbocycles. The first-order valence-corrected chi connectivity index (χ1v) is 20.6. The monoisotopic (exact) mass is 746 g/mol. The average molecular weight is 747 g/mol. The number of aromatic nitrogens is 1. The minimum Gasteiger partial charge on any atom is -0.310 e. The lowest BCUT2D eigenvalue weighted by atomic mass is 9.64. The molecule has 14 rings (SSSR count). The number of nitrogens with zero attached hydrogens (tertiary/aromatic N) is 2. The number of fused-ring (bicyclic) bond motifs is 18. The van der Waals surface area contributed by atoms with E-state index in [2.05, 4.69) is 216 Å². The van der Waals surface area contributed by atoms with E-state index in [-0.39, 0.29) is 0 Å². The van der Waals surface area contributed by atoms with Gasteiger partial charge in [-0.25, -0.2) is 0 Å². The molecule has 2 heteroatoms. The number of hydrogen-bond acceptors (Lipinski definition) is 1. The molecule has 1 spiro atoms. The van der Waals surface area contributed by atoms with Gasteiger partial charge in [0.2, 0.25) is 0 Å². The largest absolute Gasteiger partial charge is 0.310 e. The molecule has 272 valence electrons. The predicted octanol–water partition coefficient (Wildman–Crippen LogP) is 14.9. The topological polar surface area (TPSA) is 8.17 Å². The van der Waals surface area contributed by atoms with E-state index in [9.17, 15) is 0 Å². The summed E-state index contributed by atoms with van der Waals surface area (Å²) in [5, 5.41) is 7.79. The Kier molecular flexibility index (Phi) is 5.99. The Morgan fingerprint density at radius 2 is 0.966 bits per heavy atom. The number of benzene rings is 10. The van der Waals surface area contributed by atoms with Crippen LogP contribution in [0.3, 0.4) is 0 Å². The first-order chi connectivity index (χ1) is 29.3. The standard InChI is InChI=1S/C57H34N2/c1-2-16-36(17-3-1)58-51-27-12-9-24-46(51)57(47-25-10-13-28-52(47)58)48-33-37(59-50-26-11-8-21-43(50)56-38-18-5-4-15-35(38)29-32-53(56)59)30-31-42(48)55-44-23-14-22-41-39-19-6-7-20-40(39)45(54(41)44)34-49(55)57/h1-34H. The van der Waals surface area contributed by atoms with Gasteiger partial charge in [0.1, 0.15) is 0 Å². The van der Waals surface area contributed by atoms with Gasteiger partial charge in [0, 0.05) is 22.1 Å². The molecular formula is C57H34N2. The Morgan fingerprint density at radius 1 is 0.322 bits per heavy atom. The Balaban J connectivity index is 1.15.